The highest BCUT2D eigenvalue weighted by atomic mass is 16.5. The lowest BCUT2D eigenvalue weighted by atomic mass is 9.96. The summed E-state index contributed by atoms with van der Waals surface area (Å²) in [5.41, 5.74) is 0. The molecule has 0 N–H and O–H groups in total. The fourth-order valence-corrected chi connectivity index (χ4v) is 1.75. The maximum Gasteiger partial charge on any atom is 0.162 e. The predicted octanol–water partition coefficient (Wildman–Crippen LogP) is 2.56. The molecule has 0 aromatic carbocycles. The molecule has 0 atom stereocenters. The van der Waals surface area contributed by atoms with Gasteiger partial charge < -0.3 is 5.21 Å². The SMILES string of the molecule is CC(C)/C=[N+](\[O-])C1CCCCC1. The third-order valence-corrected chi connectivity index (χ3v) is 2.38. The van der Waals surface area contributed by atoms with Gasteiger partial charge in [0.05, 0.1) is 0 Å². The van der Waals surface area contributed by atoms with Crippen molar-refractivity contribution in [3.05, 3.63) is 5.21 Å². The van der Waals surface area contributed by atoms with Crippen molar-refractivity contribution >= 4 is 6.21 Å². The largest absolute Gasteiger partial charge is 0.624 e. The summed E-state index contributed by atoms with van der Waals surface area (Å²) in [6, 6.07) is 0.279. The van der Waals surface area contributed by atoms with Crippen LogP contribution in [0.4, 0.5) is 0 Å². The van der Waals surface area contributed by atoms with E-state index >= 15 is 0 Å². The van der Waals surface area contributed by atoms with E-state index in [1.54, 1.807) is 6.21 Å². The van der Waals surface area contributed by atoms with E-state index in [0.29, 0.717) is 5.92 Å². The molecular formula is C10H19NO. The molecule has 2 nitrogen and oxygen atoms in total. The molecule has 1 saturated carbocycles. The van der Waals surface area contributed by atoms with E-state index in [2.05, 4.69) is 0 Å². The van der Waals surface area contributed by atoms with Gasteiger partial charge in [-0.1, -0.05) is 20.3 Å². The van der Waals surface area contributed by atoms with E-state index in [0.717, 1.165) is 12.8 Å². The fourth-order valence-electron chi connectivity index (χ4n) is 1.75. The first-order chi connectivity index (χ1) is 5.70. The summed E-state index contributed by atoms with van der Waals surface area (Å²) < 4.78 is 1.18. The highest BCUT2D eigenvalue weighted by Crippen LogP contribution is 2.19. The summed E-state index contributed by atoms with van der Waals surface area (Å²) in [6.45, 7) is 4.10. The Kier molecular flexibility index (Phi) is 3.57. The van der Waals surface area contributed by atoms with Gasteiger partial charge >= 0.3 is 0 Å². The zero-order valence-corrected chi connectivity index (χ0v) is 8.12. The standard InChI is InChI=1S/C10H19NO/c1-9(2)8-11(12)10-6-4-3-5-7-10/h8-10H,3-7H2,1-2H3/b11-8-. The van der Waals surface area contributed by atoms with Gasteiger partial charge in [-0.05, 0) is 12.8 Å². The first-order valence-corrected chi connectivity index (χ1v) is 5.00. The van der Waals surface area contributed by atoms with Crippen LogP contribution in [0.2, 0.25) is 0 Å². The van der Waals surface area contributed by atoms with Crippen molar-refractivity contribution in [2.75, 3.05) is 0 Å². The van der Waals surface area contributed by atoms with Crippen LogP contribution in [0.25, 0.3) is 0 Å². The van der Waals surface area contributed by atoms with Crippen LogP contribution < -0.4 is 0 Å². The molecule has 0 aromatic rings. The molecule has 70 valence electrons. The molecule has 1 aliphatic carbocycles. The molecule has 1 fully saturated rings. The first kappa shape index (κ1) is 9.56. The number of hydrogen-bond acceptors (Lipinski definition) is 1. The monoisotopic (exact) mass is 169 g/mol. The van der Waals surface area contributed by atoms with Crippen LogP contribution in [-0.4, -0.2) is 17.0 Å². The van der Waals surface area contributed by atoms with E-state index in [9.17, 15) is 5.21 Å². The van der Waals surface area contributed by atoms with Gasteiger partial charge in [0.15, 0.2) is 12.3 Å². The lowest BCUT2D eigenvalue weighted by Gasteiger charge is -2.21. The lowest BCUT2D eigenvalue weighted by molar-refractivity contribution is -0.503. The first-order valence-electron chi connectivity index (χ1n) is 5.00. The molecule has 0 aliphatic heterocycles. The molecule has 0 radical (unpaired) electrons. The predicted molar refractivity (Wildman–Crippen MR) is 51.4 cm³/mol. The lowest BCUT2D eigenvalue weighted by Crippen LogP contribution is -2.26. The van der Waals surface area contributed by atoms with Crippen molar-refractivity contribution in [1.29, 1.82) is 0 Å². The van der Waals surface area contributed by atoms with Crippen molar-refractivity contribution in [2.45, 2.75) is 52.0 Å². The second-order valence-corrected chi connectivity index (χ2v) is 4.04. The molecule has 1 aliphatic rings. The average Bonchev–Trinajstić information content (AvgIpc) is 2.05. The van der Waals surface area contributed by atoms with Crippen molar-refractivity contribution < 1.29 is 4.74 Å². The minimum Gasteiger partial charge on any atom is -0.624 e. The molecule has 2 heteroatoms. The van der Waals surface area contributed by atoms with E-state index < -0.39 is 0 Å². The average molecular weight is 169 g/mol. The van der Waals surface area contributed by atoms with Gasteiger partial charge in [-0.3, -0.25) is 0 Å². The molecule has 0 amide bonds. The molecule has 0 bridgehead atoms. The molecule has 0 spiro atoms. The number of rotatable bonds is 2. The Labute approximate surface area is 74.9 Å². The second-order valence-electron chi connectivity index (χ2n) is 4.04. The highest BCUT2D eigenvalue weighted by molar-refractivity contribution is 5.53. The summed E-state index contributed by atoms with van der Waals surface area (Å²) in [7, 11) is 0. The van der Waals surface area contributed by atoms with Crippen molar-refractivity contribution in [1.82, 2.24) is 0 Å². The maximum absolute atomic E-state index is 11.5. The van der Waals surface area contributed by atoms with Gasteiger partial charge in [-0.15, -0.1) is 0 Å². The third kappa shape index (κ3) is 2.84. The van der Waals surface area contributed by atoms with Gasteiger partial charge in [0.2, 0.25) is 0 Å². The van der Waals surface area contributed by atoms with Gasteiger partial charge in [-0.2, -0.15) is 0 Å². The van der Waals surface area contributed by atoms with Gasteiger partial charge in [0, 0.05) is 18.8 Å². The zero-order chi connectivity index (χ0) is 8.97. The molecule has 12 heavy (non-hydrogen) atoms. The topological polar surface area (TPSA) is 26.1 Å². The van der Waals surface area contributed by atoms with Crippen LogP contribution in [0.15, 0.2) is 0 Å². The maximum atomic E-state index is 11.5. The highest BCUT2D eigenvalue weighted by Gasteiger charge is 2.19. The van der Waals surface area contributed by atoms with Crippen LogP contribution in [0.5, 0.6) is 0 Å². The normalized spacial score (nSPS) is 21.8. The van der Waals surface area contributed by atoms with Crippen LogP contribution in [0, 0.1) is 11.1 Å². The fraction of sp³-hybridized carbons (Fsp3) is 0.900. The van der Waals surface area contributed by atoms with Crippen LogP contribution >= 0.6 is 0 Å². The van der Waals surface area contributed by atoms with E-state index in [1.165, 1.54) is 24.0 Å². The van der Waals surface area contributed by atoms with Crippen LogP contribution in [0.3, 0.4) is 0 Å². The second kappa shape index (κ2) is 4.48. The van der Waals surface area contributed by atoms with Gasteiger partial charge in [0.25, 0.3) is 0 Å². The van der Waals surface area contributed by atoms with Crippen LogP contribution in [0.1, 0.15) is 46.0 Å². The molecule has 0 saturated heterocycles. The van der Waals surface area contributed by atoms with Crippen LogP contribution in [-0.2, 0) is 0 Å². The molecular weight excluding hydrogens is 150 g/mol. The summed E-state index contributed by atoms with van der Waals surface area (Å²) in [5.74, 6) is 0.379. The van der Waals surface area contributed by atoms with Crippen molar-refractivity contribution in [3.8, 4) is 0 Å². The van der Waals surface area contributed by atoms with Gasteiger partial charge in [0.1, 0.15) is 0 Å². The zero-order valence-electron chi connectivity index (χ0n) is 8.12. The summed E-state index contributed by atoms with van der Waals surface area (Å²) in [6.07, 6.45) is 7.76. The minimum absolute atomic E-state index is 0.279. The Balaban J connectivity index is 2.44. The quantitative estimate of drug-likeness (QED) is 0.270. The smallest absolute Gasteiger partial charge is 0.162 e. The number of hydrogen-bond donors (Lipinski definition) is 0. The summed E-state index contributed by atoms with van der Waals surface area (Å²) in [5, 5.41) is 11.5. The summed E-state index contributed by atoms with van der Waals surface area (Å²) in [4.78, 5) is 0. The van der Waals surface area contributed by atoms with E-state index in [1.807, 2.05) is 13.8 Å². The molecule has 0 unspecified atom stereocenters. The van der Waals surface area contributed by atoms with E-state index in [4.69, 9.17) is 0 Å². The van der Waals surface area contributed by atoms with E-state index in [-0.39, 0.29) is 6.04 Å². The summed E-state index contributed by atoms with van der Waals surface area (Å²) >= 11 is 0. The third-order valence-electron chi connectivity index (χ3n) is 2.38. The molecule has 0 aromatic heterocycles. The number of nitrogens with zero attached hydrogens (tertiary/aromatic N) is 1. The number of hydroxylamine groups is 1. The molecule has 1 rings (SSSR count). The van der Waals surface area contributed by atoms with Crippen molar-refractivity contribution in [2.24, 2.45) is 5.92 Å². The Morgan fingerprint density at radius 2 is 1.83 bits per heavy atom. The van der Waals surface area contributed by atoms with Gasteiger partial charge in [-0.25, -0.2) is 4.74 Å². The Morgan fingerprint density at radius 1 is 1.25 bits per heavy atom. The van der Waals surface area contributed by atoms with Crippen molar-refractivity contribution in [3.63, 3.8) is 0 Å². The Morgan fingerprint density at radius 3 is 2.33 bits per heavy atom. The minimum atomic E-state index is 0.279. The Bertz CT molecular complexity index is 157. The Hall–Kier alpha value is -0.530. The molecule has 0 heterocycles.